The molecule has 3 heterocycles. The Morgan fingerprint density at radius 2 is 1.77 bits per heavy atom. The van der Waals surface area contributed by atoms with Crippen molar-refractivity contribution in [3.8, 4) is 0 Å². The maximum Gasteiger partial charge on any atom is 0.0397 e. The van der Waals surface area contributed by atoms with Crippen molar-refractivity contribution in [3.63, 3.8) is 0 Å². The van der Waals surface area contributed by atoms with Crippen LogP contribution in [0.3, 0.4) is 0 Å². The summed E-state index contributed by atoms with van der Waals surface area (Å²) in [6.07, 6.45) is 10.5. The minimum absolute atomic E-state index is 0.340. The predicted molar refractivity (Wildman–Crippen MR) is 93.3 cm³/mol. The lowest BCUT2D eigenvalue weighted by Gasteiger charge is -2.53. The standard InChI is InChI=1S/C19H31N3/c1-4-18(2,3)22-14-6-10-19(16-22)9-5-13-21(15-19)17-7-11-20-12-8-17/h7-8,11-12H,4-6,9-10,13-16H2,1-3H3. The van der Waals surface area contributed by atoms with Crippen LogP contribution in [0.15, 0.2) is 24.5 Å². The van der Waals surface area contributed by atoms with E-state index in [9.17, 15) is 0 Å². The third-order valence-electron chi connectivity index (χ3n) is 6.07. The summed E-state index contributed by atoms with van der Waals surface area (Å²) in [5.74, 6) is 0. The average molecular weight is 301 g/mol. The van der Waals surface area contributed by atoms with E-state index in [2.05, 4.69) is 47.7 Å². The van der Waals surface area contributed by atoms with Gasteiger partial charge in [-0.25, -0.2) is 0 Å². The first-order valence-electron chi connectivity index (χ1n) is 8.95. The second-order valence-corrected chi connectivity index (χ2v) is 7.92. The van der Waals surface area contributed by atoms with Gasteiger partial charge in [0.1, 0.15) is 0 Å². The molecule has 0 amide bonds. The Labute approximate surface area is 135 Å². The maximum absolute atomic E-state index is 4.16. The van der Waals surface area contributed by atoms with Crippen LogP contribution in [-0.2, 0) is 0 Å². The van der Waals surface area contributed by atoms with Crippen molar-refractivity contribution in [3.05, 3.63) is 24.5 Å². The molecule has 2 saturated heterocycles. The minimum Gasteiger partial charge on any atom is -0.371 e. The number of aromatic nitrogens is 1. The van der Waals surface area contributed by atoms with Gasteiger partial charge in [-0.3, -0.25) is 9.88 Å². The van der Waals surface area contributed by atoms with Crippen molar-refractivity contribution in [2.45, 2.75) is 58.4 Å². The summed E-state index contributed by atoms with van der Waals surface area (Å²) in [4.78, 5) is 9.51. The van der Waals surface area contributed by atoms with Crippen LogP contribution in [0, 0.1) is 5.41 Å². The second-order valence-electron chi connectivity index (χ2n) is 7.92. The fraction of sp³-hybridized carbons (Fsp3) is 0.737. The van der Waals surface area contributed by atoms with Crippen molar-refractivity contribution >= 4 is 5.69 Å². The SMILES string of the molecule is CCC(C)(C)N1CCCC2(CCCN(c3ccncc3)C2)C1. The molecule has 0 N–H and O–H groups in total. The number of rotatable bonds is 3. The zero-order valence-electron chi connectivity index (χ0n) is 14.5. The van der Waals surface area contributed by atoms with Gasteiger partial charge in [0, 0.05) is 48.7 Å². The van der Waals surface area contributed by atoms with Gasteiger partial charge in [-0.2, -0.15) is 0 Å². The molecule has 122 valence electrons. The summed E-state index contributed by atoms with van der Waals surface area (Å²) in [6, 6.07) is 4.32. The molecular formula is C19H31N3. The first kappa shape index (κ1) is 15.8. The van der Waals surface area contributed by atoms with E-state index in [1.54, 1.807) is 0 Å². The summed E-state index contributed by atoms with van der Waals surface area (Å²) < 4.78 is 0. The van der Waals surface area contributed by atoms with E-state index in [1.807, 2.05) is 12.4 Å². The molecule has 1 unspecified atom stereocenters. The molecule has 3 nitrogen and oxygen atoms in total. The fourth-order valence-corrected chi connectivity index (χ4v) is 4.26. The molecule has 3 rings (SSSR count). The largest absolute Gasteiger partial charge is 0.371 e. The molecular weight excluding hydrogens is 270 g/mol. The number of likely N-dealkylation sites (tertiary alicyclic amines) is 1. The molecule has 1 spiro atoms. The molecule has 2 fully saturated rings. The van der Waals surface area contributed by atoms with Gasteiger partial charge in [-0.1, -0.05) is 6.92 Å². The Kier molecular flexibility index (Phi) is 4.44. The smallest absolute Gasteiger partial charge is 0.0397 e. The summed E-state index contributed by atoms with van der Waals surface area (Å²) in [6.45, 7) is 12.1. The highest BCUT2D eigenvalue weighted by molar-refractivity contribution is 5.45. The summed E-state index contributed by atoms with van der Waals surface area (Å²) in [5.41, 5.74) is 2.18. The van der Waals surface area contributed by atoms with Crippen molar-refractivity contribution in [1.29, 1.82) is 0 Å². The fourth-order valence-electron chi connectivity index (χ4n) is 4.26. The quantitative estimate of drug-likeness (QED) is 0.842. The van der Waals surface area contributed by atoms with Gasteiger partial charge in [0.15, 0.2) is 0 Å². The van der Waals surface area contributed by atoms with Crippen LogP contribution in [0.5, 0.6) is 0 Å². The Hall–Kier alpha value is -1.09. The number of hydrogen-bond donors (Lipinski definition) is 0. The van der Waals surface area contributed by atoms with Gasteiger partial charge in [0.25, 0.3) is 0 Å². The molecule has 0 bridgehead atoms. The van der Waals surface area contributed by atoms with Crippen LogP contribution in [0.2, 0.25) is 0 Å². The number of anilines is 1. The summed E-state index contributed by atoms with van der Waals surface area (Å²) in [5, 5.41) is 0. The predicted octanol–water partition coefficient (Wildman–Crippen LogP) is 3.95. The zero-order valence-corrected chi connectivity index (χ0v) is 14.5. The molecule has 0 aliphatic carbocycles. The van der Waals surface area contributed by atoms with E-state index in [4.69, 9.17) is 0 Å². The third-order valence-corrected chi connectivity index (χ3v) is 6.07. The highest BCUT2D eigenvalue weighted by atomic mass is 15.2. The van der Waals surface area contributed by atoms with E-state index in [-0.39, 0.29) is 0 Å². The van der Waals surface area contributed by atoms with Crippen LogP contribution < -0.4 is 4.90 Å². The maximum atomic E-state index is 4.16. The van der Waals surface area contributed by atoms with Crippen molar-refractivity contribution < 1.29 is 0 Å². The molecule has 0 radical (unpaired) electrons. The normalized spacial score (nSPS) is 27.3. The molecule has 1 atom stereocenters. The Balaban J connectivity index is 1.75. The highest BCUT2D eigenvalue weighted by Crippen LogP contribution is 2.41. The highest BCUT2D eigenvalue weighted by Gasteiger charge is 2.42. The number of pyridine rings is 1. The van der Waals surface area contributed by atoms with E-state index in [0.29, 0.717) is 11.0 Å². The molecule has 1 aromatic rings. The number of nitrogens with zero attached hydrogens (tertiary/aromatic N) is 3. The molecule has 1 aromatic heterocycles. The summed E-state index contributed by atoms with van der Waals surface area (Å²) in [7, 11) is 0. The molecule has 3 heteroatoms. The lowest BCUT2D eigenvalue weighted by Crippen LogP contribution is -2.57. The first-order valence-corrected chi connectivity index (χ1v) is 8.95. The van der Waals surface area contributed by atoms with E-state index in [1.165, 1.54) is 64.0 Å². The van der Waals surface area contributed by atoms with Gasteiger partial charge >= 0.3 is 0 Å². The van der Waals surface area contributed by atoms with E-state index < -0.39 is 0 Å². The van der Waals surface area contributed by atoms with Gasteiger partial charge in [-0.05, 0) is 64.6 Å². The first-order chi connectivity index (χ1) is 10.5. The Bertz CT molecular complexity index is 481. The van der Waals surface area contributed by atoms with Gasteiger partial charge < -0.3 is 4.90 Å². The molecule has 0 aromatic carbocycles. The van der Waals surface area contributed by atoms with Crippen LogP contribution >= 0.6 is 0 Å². The lowest BCUT2D eigenvalue weighted by atomic mass is 9.72. The van der Waals surface area contributed by atoms with Crippen molar-refractivity contribution in [2.24, 2.45) is 5.41 Å². The Morgan fingerprint density at radius 1 is 1.09 bits per heavy atom. The van der Waals surface area contributed by atoms with Crippen LogP contribution in [0.25, 0.3) is 0 Å². The van der Waals surface area contributed by atoms with Crippen LogP contribution in [0.4, 0.5) is 5.69 Å². The third kappa shape index (κ3) is 3.15. The van der Waals surface area contributed by atoms with Gasteiger partial charge in [-0.15, -0.1) is 0 Å². The van der Waals surface area contributed by atoms with Crippen LogP contribution in [0.1, 0.15) is 52.9 Å². The van der Waals surface area contributed by atoms with E-state index >= 15 is 0 Å². The van der Waals surface area contributed by atoms with Crippen LogP contribution in [-0.4, -0.2) is 41.6 Å². The second kappa shape index (κ2) is 6.19. The molecule has 2 aliphatic heterocycles. The monoisotopic (exact) mass is 301 g/mol. The van der Waals surface area contributed by atoms with Gasteiger partial charge in [0.2, 0.25) is 0 Å². The summed E-state index contributed by atoms with van der Waals surface area (Å²) >= 11 is 0. The van der Waals surface area contributed by atoms with Crippen molar-refractivity contribution in [2.75, 3.05) is 31.1 Å². The lowest BCUT2D eigenvalue weighted by molar-refractivity contribution is 0.00763. The molecule has 2 aliphatic rings. The van der Waals surface area contributed by atoms with Crippen molar-refractivity contribution in [1.82, 2.24) is 9.88 Å². The van der Waals surface area contributed by atoms with Gasteiger partial charge in [0.05, 0.1) is 0 Å². The Morgan fingerprint density at radius 3 is 2.45 bits per heavy atom. The number of hydrogen-bond acceptors (Lipinski definition) is 3. The molecule has 0 saturated carbocycles. The molecule has 22 heavy (non-hydrogen) atoms. The average Bonchev–Trinajstić information content (AvgIpc) is 2.56. The number of piperidine rings is 2. The van der Waals surface area contributed by atoms with E-state index in [0.717, 1.165) is 0 Å². The topological polar surface area (TPSA) is 19.4 Å². The minimum atomic E-state index is 0.340. The zero-order chi connectivity index (χ0) is 15.6.